The van der Waals surface area contributed by atoms with Gasteiger partial charge in [-0.1, -0.05) is 18.2 Å². The van der Waals surface area contributed by atoms with E-state index in [1.807, 2.05) is 0 Å². The van der Waals surface area contributed by atoms with Crippen molar-refractivity contribution in [2.75, 3.05) is 20.8 Å². The lowest BCUT2D eigenvalue weighted by atomic mass is 10.0. The van der Waals surface area contributed by atoms with Gasteiger partial charge in [0.1, 0.15) is 6.04 Å². The van der Waals surface area contributed by atoms with Crippen LogP contribution in [0.1, 0.15) is 12.0 Å². The maximum Gasteiger partial charge on any atom is 0.320 e. The van der Waals surface area contributed by atoms with Gasteiger partial charge in [-0.15, -0.1) is 0 Å². The van der Waals surface area contributed by atoms with E-state index in [2.05, 4.69) is 5.32 Å². The first-order valence-electron chi connectivity index (χ1n) is 7.38. The van der Waals surface area contributed by atoms with Gasteiger partial charge in [0.2, 0.25) is 0 Å². The van der Waals surface area contributed by atoms with E-state index >= 15 is 0 Å². The Kier molecular flexibility index (Phi) is 8.27. The van der Waals surface area contributed by atoms with E-state index in [0.717, 1.165) is 0 Å². The average Bonchev–Trinajstić information content (AvgIpc) is 2.57. The molecule has 1 aromatic carbocycles. The summed E-state index contributed by atoms with van der Waals surface area (Å²) in [5.41, 5.74) is 5.93. The second-order valence-electron chi connectivity index (χ2n) is 5.18. The third-order valence-corrected chi connectivity index (χ3v) is 3.75. The summed E-state index contributed by atoms with van der Waals surface area (Å²) < 4.78 is 10.5. The maximum atomic E-state index is 11.5. The highest BCUT2D eigenvalue weighted by Gasteiger charge is 2.28. The zero-order chi connectivity index (χ0) is 18.1. The lowest BCUT2D eigenvalue weighted by Crippen LogP contribution is -2.45. The molecule has 9 heteroatoms. The highest BCUT2D eigenvalue weighted by molar-refractivity contribution is 5.73. The summed E-state index contributed by atoms with van der Waals surface area (Å²) in [5, 5.41) is 23.2. The molecule has 0 fully saturated rings. The molecule has 0 amide bonds. The minimum absolute atomic E-state index is 0.0465. The van der Waals surface area contributed by atoms with Crippen LogP contribution in [-0.4, -0.2) is 55.0 Å². The van der Waals surface area contributed by atoms with Crippen LogP contribution >= 0.6 is 0 Å². The number of para-hydroxylation sites is 1. The summed E-state index contributed by atoms with van der Waals surface area (Å²) in [6, 6.07) is 5.21. The standard InChI is InChI=1S/C15H23N3O6/c1-23-13(14(8-16)24-2)7-11(15(19)20)17-9-10-5-3-4-6-12(10)18(21)22/h3-6,11,13-14,17H,7-9,16H2,1-2H3,(H,19,20). The van der Waals surface area contributed by atoms with E-state index in [9.17, 15) is 20.0 Å². The van der Waals surface area contributed by atoms with E-state index in [0.29, 0.717) is 5.56 Å². The molecular formula is C15H23N3O6. The number of nitrogens with zero attached hydrogens (tertiary/aromatic N) is 1. The molecule has 3 atom stereocenters. The van der Waals surface area contributed by atoms with Crippen LogP contribution in [0.3, 0.4) is 0 Å². The Bertz CT molecular complexity index is 550. The minimum atomic E-state index is -1.08. The molecule has 0 aliphatic carbocycles. The van der Waals surface area contributed by atoms with E-state index in [-0.39, 0.29) is 25.2 Å². The Balaban J connectivity index is 2.80. The van der Waals surface area contributed by atoms with Gasteiger partial charge in [0.25, 0.3) is 5.69 Å². The molecule has 134 valence electrons. The molecule has 1 aromatic rings. The molecule has 0 saturated heterocycles. The van der Waals surface area contributed by atoms with Crippen LogP contribution in [0.4, 0.5) is 5.69 Å². The zero-order valence-corrected chi connectivity index (χ0v) is 13.7. The lowest BCUT2D eigenvalue weighted by molar-refractivity contribution is -0.385. The third-order valence-electron chi connectivity index (χ3n) is 3.75. The van der Waals surface area contributed by atoms with Gasteiger partial charge in [-0.3, -0.25) is 20.2 Å². The number of nitro benzene ring substituents is 1. The SMILES string of the molecule is COC(CN)C(CC(NCc1ccccc1[N+](=O)[O-])C(=O)O)OC. The predicted molar refractivity (Wildman–Crippen MR) is 86.6 cm³/mol. The Morgan fingerprint density at radius 2 is 1.96 bits per heavy atom. The normalized spacial score (nSPS) is 14.8. The van der Waals surface area contributed by atoms with E-state index in [4.69, 9.17) is 15.2 Å². The van der Waals surface area contributed by atoms with Crippen LogP contribution in [0.2, 0.25) is 0 Å². The molecule has 0 heterocycles. The fraction of sp³-hybridized carbons (Fsp3) is 0.533. The number of carbonyl (C=O) groups is 1. The van der Waals surface area contributed by atoms with Crippen LogP contribution in [0.25, 0.3) is 0 Å². The molecular weight excluding hydrogens is 318 g/mol. The monoisotopic (exact) mass is 341 g/mol. The number of aliphatic carboxylic acids is 1. The molecule has 0 bridgehead atoms. The minimum Gasteiger partial charge on any atom is -0.480 e. The van der Waals surface area contributed by atoms with Gasteiger partial charge in [0, 0.05) is 45.4 Å². The quantitative estimate of drug-likeness (QED) is 0.391. The van der Waals surface area contributed by atoms with Gasteiger partial charge in [0.05, 0.1) is 17.1 Å². The van der Waals surface area contributed by atoms with Gasteiger partial charge in [0.15, 0.2) is 0 Å². The van der Waals surface area contributed by atoms with Gasteiger partial charge in [-0.25, -0.2) is 0 Å². The predicted octanol–water partition coefficient (Wildman–Crippen LogP) is 0.516. The van der Waals surface area contributed by atoms with E-state index in [1.165, 1.54) is 20.3 Å². The third kappa shape index (κ3) is 5.53. The van der Waals surface area contributed by atoms with Crippen molar-refractivity contribution in [3.05, 3.63) is 39.9 Å². The molecule has 3 unspecified atom stereocenters. The van der Waals surface area contributed by atoms with E-state index in [1.54, 1.807) is 18.2 Å². The molecule has 4 N–H and O–H groups in total. The fourth-order valence-corrected chi connectivity index (χ4v) is 2.37. The number of hydrogen-bond donors (Lipinski definition) is 3. The Morgan fingerprint density at radius 1 is 1.33 bits per heavy atom. The van der Waals surface area contributed by atoms with Gasteiger partial charge in [-0.2, -0.15) is 0 Å². The highest BCUT2D eigenvalue weighted by Crippen LogP contribution is 2.18. The number of nitrogens with two attached hydrogens (primary N) is 1. The Morgan fingerprint density at radius 3 is 2.46 bits per heavy atom. The summed E-state index contributed by atoms with van der Waals surface area (Å²) in [5.74, 6) is -1.08. The number of nitro groups is 1. The molecule has 0 radical (unpaired) electrons. The van der Waals surface area contributed by atoms with Gasteiger partial charge < -0.3 is 20.3 Å². The molecule has 1 rings (SSSR count). The number of rotatable bonds is 11. The molecule has 0 aromatic heterocycles. The Hall–Kier alpha value is -2.07. The van der Waals surface area contributed by atoms with Crippen LogP contribution in [-0.2, 0) is 20.8 Å². The van der Waals surface area contributed by atoms with Crippen molar-refractivity contribution >= 4 is 11.7 Å². The van der Waals surface area contributed by atoms with Gasteiger partial charge in [-0.05, 0) is 0 Å². The number of ether oxygens (including phenoxy) is 2. The second kappa shape index (κ2) is 9.93. The van der Waals surface area contributed by atoms with Gasteiger partial charge >= 0.3 is 5.97 Å². The summed E-state index contributed by atoms with van der Waals surface area (Å²) >= 11 is 0. The van der Waals surface area contributed by atoms with Crippen molar-refractivity contribution < 1.29 is 24.3 Å². The molecule has 0 aliphatic heterocycles. The number of carboxylic acid groups (broad SMARTS) is 1. The summed E-state index contributed by atoms with van der Waals surface area (Å²) in [4.78, 5) is 22.0. The number of benzene rings is 1. The molecule has 0 saturated carbocycles. The summed E-state index contributed by atoms with van der Waals surface area (Å²) in [6.45, 7) is 0.232. The number of carboxylic acids is 1. The molecule has 24 heavy (non-hydrogen) atoms. The summed E-state index contributed by atoms with van der Waals surface area (Å²) in [6.07, 6.45) is -0.841. The van der Waals surface area contributed by atoms with Crippen LogP contribution in [0, 0.1) is 10.1 Å². The largest absolute Gasteiger partial charge is 0.480 e. The maximum absolute atomic E-state index is 11.5. The molecule has 9 nitrogen and oxygen atoms in total. The number of methoxy groups -OCH3 is 2. The van der Waals surface area contributed by atoms with Crippen molar-refractivity contribution in [3.8, 4) is 0 Å². The second-order valence-corrected chi connectivity index (χ2v) is 5.18. The molecule has 0 aliphatic rings. The first-order valence-corrected chi connectivity index (χ1v) is 7.38. The lowest BCUT2D eigenvalue weighted by Gasteiger charge is -2.26. The van der Waals surface area contributed by atoms with Crippen molar-refractivity contribution in [1.82, 2.24) is 5.32 Å². The first-order chi connectivity index (χ1) is 11.4. The zero-order valence-electron chi connectivity index (χ0n) is 13.7. The van der Waals surface area contributed by atoms with Crippen molar-refractivity contribution in [1.29, 1.82) is 0 Å². The topological polar surface area (TPSA) is 137 Å². The highest BCUT2D eigenvalue weighted by atomic mass is 16.6. The summed E-state index contributed by atoms with van der Waals surface area (Å²) in [7, 11) is 2.92. The van der Waals surface area contributed by atoms with Crippen LogP contribution in [0.5, 0.6) is 0 Å². The van der Waals surface area contributed by atoms with Crippen LogP contribution in [0.15, 0.2) is 24.3 Å². The first kappa shape index (κ1) is 20.0. The number of hydrogen-bond acceptors (Lipinski definition) is 7. The van der Waals surface area contributed by atoms with Crippen molar-refractivity contribution in [2.24, 2.45) is 5.73 Å². The van der Waals surface area contributed by atoms with E-state index < -0.39 is 29.1 Å². The average molecular weight is 341 g/mol. The molecule has 0 spiro atoms. The Labute approximate surface area is 139 Å². The smallest absolute Gasteiger partial charge is 0.320 e. The van der Waals surface area contributed by atoms with Crippen LogP contribution < -0.4 is 11.1 Å². The van der Waals surface area contributed by atoms with Crippen molar-refractivity contribution in [3.63, 3.8) is 0 Å². The number of nitrogens with one attached hydrogen (secondary N) is 1. The van der Waals surface area contributed by atoms with Crippen molar-refractivity contribution in [2.45, 2.75) is 31.2 Å². The fourth-order valence-electron chi connectivity index (χ4n) is 2.37.